The molecule has 0 saturated carbocycles. The molecular weight excluding hydrogens is 691 g/mol. The van der Waals surface area contributed by atoms with E-state index in [0.717, 1.165) is 57.4 Å². The fourth-order valence-corrected chi connectivity index (χ4v) is 7.14. The van der Waals surface area contributed by atoms with Crippen molar-refractivity contribution in [1.82, 2.24) is 19.3 Å². The van der Waals surface area contributed by atoms with E-state index in [1.165, 1.54) is 32.8 Å². The van der Waals surface area contributed by atoms with Crippen molar-refractivity contribution in [3.63, 3.8) is 0 Å². The third-order valence-corrected chi connectivity index (χ3v) is 9.31. The van der Waals surface area contributed by atoms with Gasteiger partial charge in [0.2, 0.25) is 0 Å². The number of hydrogen-bond acceptors (Lipinski definition) is 4. The Hall–Kier alpha value is -4.15. The molecule has 0 spiro atoms. The molecular formula is C40H36N4OPdS. The second-order valence-corrected chi connectivity index (χ2v) is 12.5. The minimum Gasteiger partial charge on any atom is -0.509 e. The molecule has 7 rings (SSSR count). The van der Waals surface area contributed by atoms with Crippen molar-refractivity contribution in [3.05, 3.63) is 125 Å². The number of benzene rings is 4. The zero-order valence-electron chi connectivity index (χ0n) is 27.4. The van der Waals surface area contributed by atoms with Crippen molar-refractivity contribution in [1.29, 1.82) is 0 Å². The van der Waals surface area contributed by atoms with Gasteiger partial charge in [0, 0.05) is 39.4 Å². The Kier molecular flexibility index (Phi) is 9.44. The molecule has 0 aliphatic heterocycles. The number of nitrogens with zero attached hydrogens (tertiary/aromatic N) is 4. The van der Waals surface area contributed by atoms with Crippen LogP contribution < -0.4 is 4.74 Å². The summed E-state index contributed by atoms with van der Waals surface area (Å²) in [5.74, 6) is 2.08. The topological polar surface area (TPSA) is 44.9 Å². The van der Waals surface area contributed by atoms with Crippen LogP contribution in [0.3, 0.4) is 0 Å². The summed E-state index contributed by atoms with van der Waals surface area (Å²) in [6.07, 6.45) is 5.66. The third-order valence-electron chi connectivity index (χ3n) is 8.60. The normalized spacial score (nSPS) is 11.3. The van der Waals surface area contributed by atoms with E-state index in [4.69, 9.17) is 14.8 Å². The Morgan fingerprint density at radius 2 is 1.55 bits per heavy atom. The van der Waals surface area contributed by atoms with Gasteiger partial charge < -0.3 is 9.30 Å². The Balaban J connectivity index is 0.00000386. The fourth-order valence-electron chi connectivity index (χ4n) is 6.55. The molecule has 7 heteroatoms. The first-order valence-corrected chi connectivity index (χ1v) is 17.0. The summed E-state index contributed by atoms with van der Waals surface area (Å²) in [6, 6.07) is 34.2. The van der Waals surface area contributed by atoms with Crippen molar-refractivity contribution >= 4 is 33.6 Å². The average molecular weight is 727 g/mol. The van der Waals surface area contributed by atoms with E-state index in [1.807, 2.05) is 36.5 Å². The van der Waals surface area contributed by atoms with Gasteiger partial charge in [0.05, 0.1) is 5.69 Å². The molecule has 0 unspecified atom stereocenters. The Morgan fingerprint density at radius 1 is 0.787 bits per heavy atom. The SMILES string of the molecule is CCc1nn(-c2[c-]c(Oc3[c-]c4c(cc3)c3ccccc3n4-c3cc(C)ccn3)ccc2)c(CC)c1-c1c(C)cc(SC)cc1C.[Pd+2]. The molecule has 4 aromatic carbocycles. The summed E-state index contributed by atoms with van der Waals surface area (Å²) in [6.45, 7) is 10.9. The molecule has 0 aliphatic carbocycles. The van der Waals surface area contributed by atoms with Crippen LogP contribution in [0, 0.1) is 32.9 Å². The summed E-state index contributed by atoms with van der Waals surface area (Å²) >= 11 is 1.78. The maximum Gasteiger partial charge on any atom is 2.00 e. The van der Waals surface area contributed by atoms with Gasteiger partial charge >= 0.3 is 20.4 Å². The van der Waals surface area contributed by atoms with Crippen LogP contribution >= 0.6 is 11.8 Å². The first-order valence-electron chi connectivity index (χ1n) is 15.8. The zero-order chi connectivity index (χ0) is 31.9. The van der Waals surface area contributed by atoms with E-state index in [9.17, 15) is 0 Å². The molecule has 0 aliphatic rings. The number of pyridine rings is 1. The first-order chi connectivity index (χ1) is 22.4. The number of thioether (sulfide) groups is 1. The third kappa shape index (κ3) is 5.93. The zero-order valence-corrected chi connectivity index (χ0v) is 29.8. The summed E-state index contributed by atoms with van der Waals surface area (Å²) in [4.78, 5) is 5.98. The summed E-state index contributed by atoms with van der Waals surface area (Å²) in [7, 11) is 0. The van der Waals surface area contributed by atoms with Crippen LogP contribution in [-0.4, -0.2) is 25.6 Å². The van der Waals surface area contributed by atoms with Gasteiger partial charge in [-0.3, -0.25) is 4.68 Å². The predicted octanol–water partition coefficient (Wildman–Crippen LogP) is 10.2. The Morgan fingerprint density at radius 3 is 2.28 bits per heavy atom. The molecule has 3 aromatic heterocycles. The van der Waals surface area contributed by atoms with Gasteiger partial charge in [-0.05, 0) is 104 Å². The van der Waals surface area contributed by atoms with Gasteiger partial charge in [0.15, 0.2) is 0 Å². The van der Waals surface area contributed by atoms with Crippen molar-refractivity contribution in [3.8, 4) is 34.1 Å². The maximum absolute atomic E-state index is 6.46. The Bertz CT molecular complexity index is 2230. The average Bonchev–Trinajstić information content (AvgIpc) is 3.59. The quantitative estimate of drug-likeness (QED) is 0.0889. The van der Waals surface area contributed by atoms with E-state index < -0.39 is 0 Å². The molecule has 238 valence electrons. The van der Waals surface area contributed by atoms with E-state index in [1.54, 1.807) is 11.8 Å². The molecule has 0 N–H and O–H groups in total. The van der Waals surface area contributed by atoms with Crippen molar-refractivity contribution in [2.24, 2.45) is 0 Å². The van der Waals surface area contributed by atoms with Gasteiger partial charge in [-0.25, -0.2) is 4.98 Å². The van der Waals surface area contributed by atoms with Crippen molar-refractivity contribution in [2.75, 3.05) is 6.26 Å². The minimum atomic E-state index is 0. The molecule has 0 saturated heterocycles. The van der Waals surface area contributed by atoms with E-state index in [2.05, 4.69) is 111 Å². The summed E-state index contributed by atoms with van der Waals surface area (Å²) < 4.78 is 10.7. The smallest absolute Gasteiger partial charge is 0.509 e. The summed E-state index contributed by atoms with van der Waals surface area (Å²) in [5.41, 5.74) is 11.4. The van der Waals surface area contributed by atoms with Crippen LogP contribution in [0.4, 0.5) is 0 Å². The molecule has 5 nitrogen and oxygen atoms in total. The van der Waals surface area contributed by atoms with Gasteiger partial charge in [-0.1, -0.05) is 37.6 Å². The second kappa shape index (κ2) is 13.5. The molecule has 0 fully saturated rings. The number of hydrogen-bond donors (Lipinski definition) is 0. The van der Waals surface area contributed by atoms with Crippen LogP contribution in [0.15, 0.2) is 90.0 Å². The van der Waals surface area contributed by atoms with Crippen LogP contribution in [0.2, 0.25) is 0 Å². The van der Waals surface area contributed by atoms with Gasteiger partial charge in [0.1, 0.15) is 5.82 Å². The monoisotopic (exact) mass is 726 g/mol. The Labute approximate surface area is 294 Å². The number of rotatable bonds is 8. The van der Waals surface area contributed by atoms with Gasteiger partial charge in [-0.2, -0.15) is 17.2 Å². The molecule has 0 bridgehead atoms. The van der Waals surface area contributed by atoms with E-state index in [-0.39, 0.29) is 20.4 Å². The molecule has 0 amide bonds. The van der Waals surface area contributed by atoms with Crippen LogP contribution in [0.1, 0.15) is 41.9 Å². The number of aromatic nitrogens is 4. The number of ether oxygens (including phenoxy) is 1. The number of fused-ring (bicyclic) bond motifs is 3. The van der Waals surface area contributed by atoms with Crippen molar-refractivity contribution in [2.45, 2.75) is 52.4 Å². The van der Waals surface area contributed by atoms with Gasteiger partial charge in [-0.15, -0.1) is 47.5 Å². The van der Waals surface area contributed by atoms with Crippen LogP contribution in [0.5, 0.6) is 11.5 Å². The maximum atomic E-state index is 6.46. The van der Waals surface area contributed by atoms with Crippen LogP contribution in [0.25, 0.3) is 44.4 Å². The fraction of sp³-hybridized carbons (Fsp3) is 0.200. The molecule has 47 heavy (non-hydrogen) atoms. The number of para-hydroxylation sites is 1. The van der Waals surface area contributed by atoms with Crippen molar-refractivity contribution < 1.29 is 25.2 Å². The second-order valence-electron chi connectivity index (χ2n) is 11.7. The molecule has 0 atom stereocenters. The standard InChI is InChI=1S/C40H36N4OS.Pd/c1-7-34-40(39-26(4)21-31(46-6)22-27(39)5)35(8-2)44(42-34)28-12-11-13-29(23-28)45-30-16-17-33-32-14-9-10-15-36(32)43(37(33)24-30)38-20-25(3)18-19-41-38;/h9-22H,7-8H2,1-6H3;/q-2;+2. The molecule has 3 heterocycles. The predicted molar refractivity (Wildman–Crippen MR) is 190 cm³/mol. The summed E-state index contributed by atoms with van der Waals surface area (Å²) in [5, 5.41) is 7.40. The van der Waals surface area contributed by atoms with Crippen LogP contribution in [-0.2, 0) is 33.3 Å². The van der Waals surface area contributed by atoms with Gasteiger partial charge in [0.25, 0.3) is 0 Å². The number of aryl methyl sites for hydroxylation is 4. The van der Waals surface area contributed by atoms with E-state index >= 15 is 0 Å². The molecule has 0 radical (unpaired) electrons. The minimum absolute atomic E-state index is 0. The first kappa shape index (κ1) is 32.8. The molecule has 7 aromatic rings. The van der Waals surface area contributed by atoms with E-state index in [0.29, 0.717) is 11.5 Å². The largest absolute Gasteiger partial charge is 2.00 e.